The van der Waals surface area contributed by atoms with Crippen LogP contribution >= 0.6 is 0 Å². The Labute approximate surface area is 111 Å². The Morgan fingerprint density at radius 2 is 1.95 bits per heavy atom. The van der Waals surface area contributed by atoms with Crippen LogP contribution < -0.4 is 5.73 Å². The number of carbonyl (C=O) groups is 1. The van der Waals surface area contributed by atoms with Crippen molar-refractivity contribution in [2.24, 2.45) is 5.73 Å². The van der Waals surface area contributed by atoms with Gasteiger partial charge in [-0.15, -0.1) is 0 Å². The fourth-order valence-corrected chi connectivity index (χ4v) is 1.59. The molecule has 114 valence electrons. The zero-order chi connectivity index (χ0) is 15.1. The zero-order valence-corrected chi connectivity index (χ0v) is 11.5. The summed E-state index contributed by atoms with van der Waals surface area (Å²) in [6, 6.07) is 0. The minimum absolute atomic E-state index is 0.0143. The first-order valence-corrected chi connectivity index (χ1v) is 6.23. The number of carbonyl (C=O) groups excluding carboxylic acids is 1. The van der Waals surface area contributed by atoms with Crippen molar-refractivity contribution in [3.8, 4) is 0 Å². The minimum atomic E-state index is -4.17. The molecule has 0 amide bonds. The van der Waals surface area contributed by atoms with Crippen molar-refractivity contribution in [3.63, 3.8) is 0 Å². The molecule has 0 aromatic carbocycles. The number of esters is 1. The maximum atomic E-state index is 11.9. The fourth-order valence-electron chi connectivity index (χ4n) is 1.59. The molecule has 0 saturated carbocycles. The van der Waals surface area contributed by atoms with Crippen LogP contribution in [0.3, 0.4) is 0 Å². The second kappa shape index (κ2) is 7.69. The van der Waals surface area contributed by atoms with E-state index in [1.165, 1.54) is 6.92 Å². The third-order valence-corrected chi connectivity index (χ3v) is 2.46. The molecule has 0 fully saturated rings. The van der Waals surface area contributed by atoms with Crippen LogP contribution in [0.5, 0.6) is 0 Å². The lowest BCUT2D eigenvalue weighted by Crippen LogP contribution is -2.48. The van der Waals surface area contributed by atoms with Crippen molar-refractivity contribution in [1.82, 2.24) is 0 Å². The van der Waals surface area contributed by atoms with Crippen molar-refractivity contribution < 1.29 is 27.4 Å². The SMILES string of the molecule is CCOC(=O)C(C)(N)CC(C)OCCCC(F)(F)F. The molecule has 2 unspecified atom stereocenters. The second-order valence-corrected chi connectivity index (χ2v) is 4.74. The molecule has 0 radical (unpaired) electrons. The molecule has 0 aliphatic heterocycles. The summed E-state index contributed by atoms with van der Waals surface area (Å²) in [7, 11) is 0. The van der Waals surface area contributed by atoms with Gasteiger partial charge in [-0.3, -0.25) is 4.79 Å². The van der Waals surface area contributed by atoms with Crippen LogP contribution in [0.1, 0.15) is 40.0 Å². The molecular formula is C12H22F3NO3. The molecule has 7 heteroatoms. The minimum Gasteiger partial charge on any atom is -0.465 e. The summed E-state index contributed by atoms with van der Waals surface area (Å²) < 4.78 is 45.7. The van der Waals surface area contributed by atoms with E-state index in [1.54, 1.807) is 13.8 Å². The highest BCUT2D eigenvalue weighted by Crippen LogP contribution is 2.21. The molecule has 2 N–H and O–H groups in total. The van der Waals surface area contributed by atoms with Crippen molar-refractivity contribution in [3.05, 3.63) is 0 Å². The van der Waals surface area contributed by atoms with Gasteiger partial charge < -0.3 is 15.2 Å². The van der Waals surface area contributed by atoms with E-state index < -0.39 is 30.2 Å². The van der Waals surface area contributed by atoms with Crippen molar-refractivity contribution in [2.45, 2.75) is 57.9 Å². The summed E-state index contributed by atoms with van der Waals surface area (Å²) in [5, 5.41) is 0. The molecule has 0 aliphatic rings. The molecule has 0 bridgehead atoms. The lowest BCUT2D eigenvalue weighted by Gasteiger charge is -2.25. The van der Waals surface area contributed by atoms with Gasteiger partial charge in [-0.05, 0) is 27.2 Å². The first-order chi connectivity index (χ1) is 8.58. The number of ether oxygens (including phenoxy) is 2. The van der Waals surface area contributed by atoms with Crippen LogP contribution in [0.25, 0.3) is 0 Å². The predicted octanol–water partition coefficient (Wildman–Crippen LogP) is 2.40. The van der Waals surface area contributed by atoms with Crippen molar-refractivity contribution in [2.75, 3.05) is 13.2 Å². The molecule has 0 aliphatic carbocycles. The zero-order valence-electron chi connectivity index (χ0n) is 11.5. The van der Waals surface area contributed by atoms with Crippen LogP contribution in [0.4, 0.5) is 13.2 Å². The van der Waals surface area contributed by atoms with Gasteiger partial charge in [0.05, 0.1) is 12.7 Å². The molecule has 0 spiro atoms. The fraction of sp³-hybridized carbons (Fsp3) is 0.917. The number of halogens is 3. The lowest BCUT2D eigenvalue weighted by molar-refractivity contribution is -0.150. The molecule has 0 rings (SSSR count). The maximum Gasteiger partial charge on any atom is 0.389 e. The molecule has 0 heterocycles. The molecule has 0 aromatic rings. The molecular weight excluding hydrogens is 263 g/mol. The van der Waals surface area contributed by atoms with E-state index in [0.717, 1.165) is 0 Å². The van der Waals surface area contributed by atoms with Crippen LogP contribution in [-0.4, -0.2) is 37.0 Å². The maximum absolute atomic E-state index is 11.9. The summed E-state index contributed by atoms with van der Waals surface area (Å²) in [4.78, 5) is 11.5. The topological polar surface area (TPSA) is 61.5 Å². The highest BCUT2D eigenvalue weighted by molar-refractivity contribution is 5.80. The summed E-state index contributed by atoms with van der Waals surface area (Å²) in [5.41, 5.74) is 4.59. The number of rotatable bonds is 8. The average Bonchev–Trinajstić information content (AvgIpc) is 2.23. The Bertz CT molecular complexity index is 280. The third kappa shape index (κ3) is 8.83. The molecule has 19 heavy (non-hydrogen) atoms. The highest BCUT2D eigenvalue weighted by Gasteiger charge is 2.32. The van der Waals surface area contributed by atoms with Gasteiger partial charge in [0.25, 0.3) is 0 Å². The second-order valence-electron chi connectivity index (χ2n) is 4.74. The van der Waals surface area contributed by atoms with E-state index >= 15 is 0 Å². The van der Waals surface area contributed by atoms with Gasteiger partial charge in [0.1, 0.15) is 5.54 Å². The van der Waals surface area contributed by atoms with Crippen molar-refractivity contribution >= 4 is 5.97 Å². The average molecular weight is 285 g/mol. The van der Waals surface area contributed by atoms with Gasteiger partial charge in [-0.25, -0.2) is 0 Å². The Kier molecular flexibility index (Phi) is 7.36. The third-order valence-electron chi connectivity index (χ3n) is 2.46. The van der Waals surface area contributed by atoms with Crippen LogP contribution in [-0.2, 0) is 14.3 Å². The van der Waals surface area contributed by atoms with Crippen LogP contribution in [0.15, 0.2) is 0 Å². The first-order valence-electron chi connectivity index (χ1n) is 6.23. The predicted molar refractivity (Wildman–Crippen MR) is 64.5 cm³/mol. The summed E-state index contributed by atoms with van der Waals surface area (Å²) in [6.07, 6.45) is -5.36. The summed E-state index contributed by atoms with van der Waals surface area (Å²) in [6.45, 7) is 5.07. The normalized spacial score (nSPS) is 16.8. The standard InChI is InChI=1S/C12H22F3NO3/c1-4-18-10(17)11(3,16)8-9(2)19-7-5-6-12(13,14)15/h9H,4-8,16H2,1-3H3. The number of hydrogen-bond donors (Lipinski definition) is 1. The van der Waals surface area contributed by atoms with E-state index in [2.05, 4.69) is 0 Å². The van der Waals surface area contributed by atoms with Gasteiger partial charge in [-0.2, -0.15) is 13.2 Å². The molecule has 4 nitrogen and oxygen atoms in total. The largest absolute Gasteiger partial charge is 0.465 e. The van der Waals surface area contributed by atoms with Gasteiger partial charge in [0.15, 0.2) is 0 Å². The van der Waals surface area contributed by atoms with Gasteiger partial charge in [0, 0.05) is 19.4 Å². The van der Waals surface area contributed by atoms with Crippen molar-refractivity contribution in [1.29, 1.82) is 0 Å². The van der Waals surface area contributed by atoms with E-state index in [1.807, 2.05) is 0 Å². The number of alkyl halides is 3. The quantitative estimate of drug-likeness (QED) is 0.549. The Balaban J connectivity index is 3.96. The molecule has 0 aromatic heterocycles. The lowest BCUT2D eigenvalue weighted by atomic mass is 9.96. The van der Waals surface area contributed by atoms with Gasteiger partial charge in [-0.1, -0.05) is 0 Å². The Morgan fingerprint density at radius 1 is 1.37 bits per heavy atom. The smallest absolute Gasteiger partial charge is 0.389 e. The monoisotopic (exact) mass is 285 g/mol. The van der Waals surface area contributed by atoms with E-state index in [-0.39, 0.29) is 26.1 Å². The summed E-state index contributed by atoms with van der Waals surface area (Å²) >= 11 is 0. The van der Waals surface area contributed by atoms with E-state index in [0.29, 0.717) is 0 Å². The van der Waals surface area contributed by atoms with Gasteiger partial charge in [0.2, 0.25) is 0 Å². The van der Waals surface area contributed by atoms with Gasteiger partial charge >= 0.3 is 12.1 Å². The Hall–Kier alpha value is -0.820. The summed E-state index contributed by atoms with van der Waals surface area (Å²) in [5.74, 6) is -0.541. The molecule has 0 saturated heterocycles. The van der Waals surface area contributed by atoms with E-state index in [9.17, 15) is 18.0 Å². The number of nitrogens with two attached hydrogens (primary N) is 1. The van der Waals surface area contributed by atoms with Crippen LogP contribution in [0.2, 0.25) is 0 Å². The molecule has 2 atom stereocenters. The highest BCUT2D eigenvalue weighted by atomic mass is 19.4. The first kappa shape index (κ1) is 18.2. The van der Waals surface area contributed by atoms with E-state index in [4.69, 9.17) is 15.2 Å². The number of hydrogen-bond acceptors (Lipinski definition) is 4. The Morgan fingerprint density at radius 3 is 2.42 bits per heavy atom. The van der Waals surface area contributed by atoms with Crippen LogP contribution in [0, 0.1) is 0 Å².